The number of hydrogen-bond donors (Lipinski definition) is 3. The lowest BCUT2D eigenvalue weighted by Crippen LogP contribution is -2.40. The van der Waals surface area contributed by atoms with E-state index in [2.05, 4.69) is 25.2 Å². The largest absolute Gasteiger partial charge is 0.382 e. The number of nitrogens with two attached hydrogens (primary N) is 1. The molecule has 4 N–H and O–H groups in total. The first kappa shape index (κ1) is 17.9. The second-order valence-corrected chi connectivity index (χ2v) is 7.99. The van der Waals surface area contributed by atoms with E-state index in [0.717, 1.165) is 49.2 Å². The van der Waals surface area contributed by atoms with Crippen LogP contribution in [0.1, 0.15) is 32.1 Å². The summed E-state index contributed by atoms with van der Waals surface area (Å²) in [6, 6.07) is 7.97. The summed E-state index contributed by atoms with van der Waals surface area (Å²) in [6.45, 7) is 1.56. The van der Waals surface area contributed by atoms with E-state index in [4.69, 9.17) is 10.7 Å². The summed E-state index contributed by atoms with van der Waals surface area (Å²) in [4.78, 5) is 31.5. The molecule has 1 saturated heterocycles. The van der Waals surface area contributed by atoms with Gasteiger partial charge in [-0.3, -0.25) is 4.79 Å². The highest BCUT2D eigenvalue weighted by molar-refractivity contribution is 5.81. The lowest BCUT2D eigenvalue weighted by molar-refractivity contribution is -0.125. The number of aromatic amines is 1. The molecule has 150 valence electrons. The Morgan fingerprint density at radius 3 is 2.83 bits per heavy atom. The van der Waals surface area contributed by atoms with Gasteiger partial charge >= 0.3 is 0 Å². The number of fused-ring (bicyclic) bond motifs is 1. The summed E-state index contributed by atoms with van der Waals surface area (Å²) in [6.07, 6.45) is 6.98. The van der Waals surface area contributed by atoms with Gasteiger partial charge in [0.2, 0.25) is 5.91 Å². The molecule has 8 nitrogen and oxygen atoms in total. The molecule has 8 heteroatoms. The molecule has 1 aromatic carbocycles. The van der Waals surface area contributed by atoms with E-state index in [1.165, 1.54) is 12.8 Å². The molecule has 0 spiro atoms. The number of anilines is 2. The molecule has 1 saturated carbocycles. The van der Waals surface area contributed by atoms with Crippen molar-refractivity contribution < 1.29 is 4.79 Å². The molecule has 1 amide bonds. The maximum absolute atomic E-state index is 12.4. The molecule has 2 aliphatic rings. The Kier molecular flexibility index (Phi) is 4.54. The molecular weight excluding hydrogens is 366 g/mol. The van der Waals surface area contributed by atoms with Crippen molar-refractivity contribution in [3.63, 3.8) is 0 Å². The van der Waals surface area contributed by atoms with E-state index >= 15 is 0 Å². The van der Waals surface area contributed by atoms with Gasteiger partial charge < -0.3 is 20.9 Å². The van der Waals surface area contributed by atoms with Gasteiger partial charge in [-0.15, -0.1) is 0 Å². The fourth-order valence-electron chi connectivity index (χ4n) is 4.37. The molecule has 0 bridgehead atoms. The molecule has 5 rings (SSSR count). The monoisotopic (exact) mass is 391 g/mol. The summed E-state index contributed by atoms with van der Waals surface area (Å²) < 4.78 is 0. The van der Waals surface area contributed by atoms with Gasteiger partial charge in [-0.1, -0.05) is 25.0 Å². The quantitative estimate of drug-likeness (QED) is 0.630. The highest BCUT2D eigenvalue weighted by atomic mass is 16.2. The second-order valence-electron chi connectivity index (χ2n) is 7.99. The number of nitrogens with zero attached hydrogens (tertiary/aromatic N) is 4. The summed E-state index contributed by atoms with van der Waals surface area (Å²) in [5, 5.41) is 3.22. The number of H-pyrrole nitrogens is 1. The number of nitrogen functional groups attached to an aromatic ring is 1. The number of rotatable bonds is 4. The fourth-order valence-corrected chi connectivity index (χ4v) is 4.37. The molecule has 1 aliphatic heterocycles. The van der Waals surface area contributed by atoms with Crippen LogP contribution >= 0.6 is 0 Å². The summed E-state index contributed by atoms with van der Waals surface area (Å²) in [7, 11) is 0. The number of aromatic nitrogens is 4. The highest BCUT2D eigenvalue weighted by Gasteiger charge is 2.29. The predicted octanol–water partition coefficient (Wildman–Crippen LogP) is 2.49. The third-order valence-electron chi connectivity index (χ3n) is 5.99. The maximum atomic E-state index is 12.4. The van der Waals surface area contributed by atoms with Crippen molar-refractivity contribution in [3.05, 3.63) is 30.5 Å². The van der Waals surface area contributed by atoms with Crippen molar-refractivity contribution >= 4 is 28.6 Å². The van der Waals surface area contributed by atoms with Crippen LogP contribution in [-0.4, -0.2) is 45.0 Å². The first-order valence-electron chi connectivity index (χ1n) is 10.3. The number of carbonyl (C=O) groups excluding carboxylic acids is 1. The molecule has 2 aromatic heterocycles. The van der Waals surface area contributed by atoms with Gasteiger partial charge in [0, 0.05) is 25.0 Å². The predicted molar refractivity (Wildman–Crippen MR) is 112 cm³/mol. The zero-order chi connectivity index (χ0) is 19.8. The van der Waals surface area contributed by atoms with Gasteiger partial charge in [-0.2, -0.15) is 0 Å². The number of benzene rings is 1. The van der Waals surface area contributed by atoms with E-state index in [1.807, 2.05) is 24.3 Å². The van der Waals surface area contributed by atoms with E-state index in [9.17, 15) is 4.79 Å². The average molecular weight is 391 g/mol. The number of imidazole rings is 1. The van der Waals surface area contributed by atoms with Gasteiger partial charge in [0.1, 0.15) is 5.82 Å². The number of carbonyl (C=O) groups is 1. The van der Waals surface area contributed by atoms with Crippen LogP contribution in [0.2, 0.25) is 0 Å². The Balaban J connectivity index is 1.33. The molecule has 3 aromatic rings. The first-order chi connectivity index (χ1) is 14.2. The lowest BCUT2D eigenvalue weighted by atomic mass is 10.1. The molecule has 3 heterocycles. The second kappa shape index (κ2) is 7.35. The number of hydrogen-bond acceptors (Lipinski definition) is 6. The van der Waals surface area contributed by atoms with E-state index < -0.39 is 0 Å². The van der Waals surface area contributed by atoms with E-state index in [1.54, 1.807) is 6.20 Å². The van der Waals surface area contributed by atoms with Crippen molar-refractivity contribution in [1.29, 1.82) is 0 Å². The van der Waals surface area contributed by atoms with Crippen LogP contribution in [0.5, 0.6) is 0 Å². The summed E-state index contributed by atoms with van der Waals surface area (Å²) in [5.41, 5.74) is 8.45. The van der Waals surface area contributed by atoms with Crippen molar-refractivity contribution in [1.82, 2.24) is 25.3 Å². The Bertz CT molecular complexity index is 1010. The Hall–Kier alpha value is -3.16. The van der Waals surface area contributed by atoms with E-state index in [-0.39, 0.29) is 17.9 Å². The fraction of sp³-hybridized carbons (Fsp3) is 0.429. The summed E-state index contributed by atoms with van der Waals surface area (Å²) in [5.74, 6) is 2.12. The van der Waals surface area contributed by atoms with Crippen molar-refractivity contribution in [2.45, 2.75) is 38.1 Å². The van der Waals surface area contributed by atoms with Crippen LogP contribution in [0, 0.1) is 5.92 Å². The Morgan fingerprint density at radius 2 is 2.00 bits per heavy atom. The molecule has 1 aliphatic carbocycles. The van der Waals surface area contributed by atoms with Gasteiger partial charge in [0.05, 0.1) is 17.2 Å². The smallest absolute Gasteiger partial charge is 0.223 e. The topological polar surface area (TPSA) is 113 Å². The third kappa shape index (κ3) is 3.50. The Labute approximate surface area is 168 Å². The standard InChI is InChI=1S/C21H25N7O/c22-19-18(20-25-15-7-3-4-8-16(15)26-20)27-17(11-23-19)28-10-9-14(12-28)24-21(29)13-5-1-2-6-13/h3-4,7-8,11,13-14H,1-2,5-6,9-10,12H2,(H2,22,23)(H,24,29)(H,25,26)/t14-/m0/s1. The van der Waals surface area contributed by atoms with Crippen LogP contribution < -0.4 is 16.0 Å². The minimum Gasteiger partial charge on any atom is -0.382 e. The lowest BCUT2D eigenvalue weighted by Gasteiger charge is -2.19. The average Bonchev–Trinajstić information content (AvgIpc) is 3.48. The number of amides is 1. The summed E-state index contributed by atoms with van der Waals surface area (Å²) >= 11 is 0. The van der Waals surface area contributed by atoms with Gasteiger partial charge in [0.15, 0.2) is 17.3 Å². The van der Waals surface area contributed by atoms with E-state index in [0.29, 0.717) is 17.3 Å². The van der Waals surface area contributed by atoms with Crippen LogP contribution in [0.3, 0.4) is 0 Å². The molecular formula is C21H25N7O. The Morgan fingerprint density at radius 1 is 1.17 bits per heavy atom. The molecule has 29 heavy (non-hydrogen) atoms. The van der Waals surface area contributed by atoms with Crippen LogP contribution in [0.4, 0.5) is 11.6 Å². The molecule has 2 fully saturated rings. The maximum Gasteiger partial charge on any atom is 0.223 e. The SMILES string of the molecule is Nc1ncc(N2CC[C@H](NC(=O)C3CCCC3)C2)nc1-c1nc2ccccc2[nH]1. The normalized spacial score (nSPS) is 19.9. The molecule has 1 atom stereocenters. The molecule has 0 radical (unpaired) electrons. The van der Waals surface area contributed by atoms with Gasteiger partial charge in [0.25, 0.3) is 0 Å². The van der Waals surface area contributed by atoms with Crippen molar-refractivity contribution in [2.75, 3.05) is 23.7 Å². The van der Waals surface area contributed by atoms with Crippen molar-refractivity contribution in [2.24, 2.45) is 5.92 Å². The van der Waals surface area contributed by atoms with Crippen LogP contribution in [0.15, 0.2) is 30.5 Å². The van der Waals surface area contributed by atoms with Crippen LogP contribution in [0.25, 0.3) is 22.6 Å². The molecule has 0 unspecified atom stereocenters. The van der Waals surface area contributed by atoms with Gasteiger partial charge in [-0.05, 0) is 31.4 Å². The minimum absolute atomic E-state index is 0.150. The zero-order valence-corrected chi connectivity index (χ0v) is 16.3. The minimum atomic E-state index is 0.150. The highest BCUT2D eigenvalue weighted by Crippen LogP contribution is 2.28. The van der Waals surface area contributed by atoms with Gasteiger partial charge in [-0.25, -0.2) is 15.0 Å². The van der Waals surface area contributed by atoms with Crippen LogP contribution in [-0.2, 0) is 4.79 Å². The zero-order valence-electron chi connectivity index (χ0n) is 16.3. The third-order valence-corrected chi connectivity index (χ3v) is 5.99. The number of nitrogens with one attached hydrogen (secondary N) is 2. The number of para-hydroxylation sites is 2. The first-order valence-corrected chi connectivity index (χ1v) is 10.3. The van der Waals surface area contributed by atoms with Crippen molar-refractivity contribution in [3.8, 4) is 11.5 Å².